The van der Waals surface area contributed by atoms with E-state index in [4.69, 9.17) is 0 Å². The zero-order valence-corrected chi connectivity index (χ0v) is 10.7. The second-order valence-electron chi connectivity index (χ2n) is 4.97. The highest BCUT2D eigenvalue weighted by Crippen LogP contribution is 2.20. The van der Waals surface area contributed by atoms with Gasteiger partial charge in [-0.1, -0.05) is 17.7 Å². The minimum atomic E-state index is -0.356. The molecule has 3 heteroatoms. The lowest BCUT2D eigenvalue weighted by atomic mass is 9.99. The lowest BCUT2D eigenvalue weighted by Gasteiger charge is -2.19. The van der Waals surface area contributed by atoms with E-state index in [0.29, 0.717) is 19.5 Å². The summed E-state index contributed by atoms with van der Waals surface area (Å²) in [6.07, 6.45) is 0.334. The average Bonchev–Trinajstić information content (AvgIpc) is 2.63. The van der Waals surface area contributed by atoms with Gasteiger partial charge in [-0.3, -0.25) is 4.79 Å². The Labute approximate surface area is 102 Å². The Morgan fingerprint density at radius 3 is 2.35 bits per heavy atom. The zero-order chi connectivity index (χ0) is 12.6. The number of hydrogen-bond donors (Lipinski definition) is 1. The van der Waals surface area contributed by atoms with Gasteiger partial charge in [0, 0.05) is 18.7 Å². The van der Waals surface area contributed by atoms with E-state index in [0.717, 1.165) is 16.7 Å². The van der Waals surface area contributed by atoms with Gasteiger partial charge in [-0.2, -0.15) is 0 Å². The summed E-state index contributed by atoms with van der Waals surface area (Å²) in [4.78, 5) is 14.1. The largest absolute Gasteiger partial charge is 0.391 e. The highest BCUT2D eigenvalue weighted by molar-refractivity contribution is 5.97. The van der Waals surface area contributed by atoms with Crippen LogP contribution in [0.15, 0.2) is 12.1 Å². The van der Waals surface area contributed by atoms with Crippen molar-refractivity contribution in [3.8, 4) is 0 Å². The van der Waals surface area contributed by atoms with Crippen LogP contribution in [0.2, 0.25) is 0 Å². The molecule has 1 aliphatic heterocycles. The first-order valence-corrected chi connectivity index (χ1v) is 6.04. The number of rotatable bonds is 1. The summed E-state index contributed by atoms with van der Waals surface area (Å²) < 4.78 is 0. The van der Waals surface area contributed by atoms with Crippen LogP contribution in [0.25, 0.3) is 0 Å². The van der Waals surface area contributed by atoms with Crippen LogP contribution in [0.4, 0.5) is 0 Å². The highest BCUT2D eigenvalue weighted by atomic mass is 16.3. The topological polar surface area (TPSA) is 40.5 Å². The Morgan fingerprint density at radius 1 is 1.29 bits per heavy atom. The van der Waals surface area contributed by atoms with Crippen LogP contribution in [0.3, 0.4) is 0 Å². The molecule has 1 atom stereocenters. The van der Waals surface area contributed by atoms with Crippen LogP contribution in [-0.2, 0) is 0 Å². The van der Waals surface area contributed by atoms with Gasteiger partial charge in [0.2, 0.25) is 0 Å². The lowest BCUT2D eigenvalue weighted by Crippen LogP contribution is -2.30. The SMILES string of the molecule is Cc1cc(C)c(C(=O)N2CCC(O)C2)c(C)c1. The molecule has 0 spiro atoms. The first-order valence-electron chi connectivity index (χ1n) is 6.04. The maximum atomic E-state index is 12.4. The van der Waals surface area contributed by atoms with Crippen LogP contribution in [0.1, 0.15) is 33.5 Å². The number of benzene rings is 1. The van der Waals surface area contributed by atoms with Crippen molar-refractivity contribution < 1.29 is 9.90 Å². The Bertz CT molecular complexity index is 431. The van der Waals surface area contributed by atoms with Crippen molar-refractivity contribution in [3.63, 3.8) is 0 Å². The van der Waals surface area contributed by atoms with E-state index in [1.54, 1.807) is 4.90 Å². The molecule has 1 fully saturated rings. The molecular formula is C14H19NO2. The third-order valence-electron chi connectivity index (χ3n) is 3.34. The fourth-order valence-corrected chi connectivity index (χ4v) is 2.60. The molecule has 1 aromatic carbocycles. The number of amides is 1. The molecule has 0 aliphatic carbocycles. The van der Waals surface area contributed by atoms with E-state index in [-0.39, 0.29) is 12.0 Å². The quantitative estimate of drug-likeness (QED) is 0.803. The molecule has 1 aromatic rings. The van der Waals surface area contributed by atoms with Crippen LogP contribution < -0.4 is 0 Å². The fraction of sp³-hybridized carbons (Fsp3) is 0.500. The maximum absolute atomic E-state index is 12.4. The van der Waals surface area contributed by atoms with Gasteiger partial charge in [0.05, 0.1) is 6.10 Å². The number of nitrogens with zero attached hydrogens (tertiary/aromatic N) is 1. The van der Waals surface area contributed by atoms with E-state index in [2.05, 4.69) is 0 Å². The number of aliphatic hydroxyl groups excluding tert-OH is 1. The molecule has 1 amide bonds. The first-order chi connectivity index (χ1) is 7.99. The number of aliphatic hydroxyl groups is 1. The molecule has 0 aromatic heterocycles. The molecule has 1 aliphatic rings. The lowest BCUT2D eigenvalue weighted by molar-refractivity contribution is 0.0763. The summed E-state index contributed by atoms with van der Waals surface area (Å²) in [5.74, 6) is 0.0524. The van der Waals surface area contributed by atoms with Gasteiger partial charge in [-0.05, 0) is 38.3 Å². The summed E-state index contributed by atoms with van der Waals surface area (Å²) in [7, 11) is 0. The minimum Gasteiger partial charge on any atom is -0.391 e. The van der Waals surface area contributed by atoms with Crippen LogP contribution in [0, 0.1) is 20.8 Å². The van der Waals surface area contributed by atoms with Crippen molar-refractivity contribution in [2.75, 3.05) is 13.1 Å². The molecule has 2 rings (SSSR count). The standard InChI is InChI=1S/C14H19NO2/c1-9-6-10(2)13(11(3)7-9)14(17)15-5-4-12(16)8-15/h6-7,12,16H,4-5,8H2,1-3H3. The summed E-state index contributed by atoms with van der Waals surface area (Å²) in [6, 6.07) is 4.07. The first kappa shape index (κ1) is 12.1. The van der Waals surface area contributed by atoms with Gasteiger partial charge in [0.25, 0.3) is 5.91 Å². The zero-order valence-electron chi connectivity index (χ0n) is 10.7. The van der Waals surface area contributed by atoms with Crippen molar-refractivity contribution in [1.82, 2.24) is 4.90 Å². The van der Waals surface area contributed by atoms with Gasteiger partial charge in [0.1, 0.15) is 0 Å². The van der Waals surface area contributed by atoms with E-state index in [1.165, 1.54) is 5.56 Å². The Kier molecular flexibility index (Phi) is 3.20. The predicted octanol–water partition coefficient (Wildman–Crippen LogP) is 1.82. The summed E-state index contributed by atoms with van der Waals surface area (Å²) in [5, 5.41) is 9.48. The molecule has 0 bridgehead atoms. The van der Waals surface area contributed by atoms with Crippen LogP contribution >= 0.6 is 0 Å². The van der Waals surface area contributed by atoms with Gasteiger partial charge >= 0.3 is 0 Å². The van der Waals surface area contributed by atoms with Crippen molar-refractivity contribution >= 4 is 5.91 Å². The number of β-amino-alcohol motifs (C(OH)–C–C–N with tert-alkyl or cyclic N) is 1. The minimum absolute atomic E-state index is 0.0524. The molecule has 3 nitrogen and oxygen atoms in total. The van der Waals surface area contributed by atoms with Crippen LogP contribution in [0.5, 0.6) is 0 Å². The van der Waals surface area contributed by atoms with Crippen molar-refractivity contribution in [2.24, 2.45) is 0 Å². The number of hydrogen-bond acceptors (Lipinski definition) is 2. The van der Waals surface area contributed by atoms with Gasteiger partial charge in [-0.25, -0.2) is 0 Å². The molecule has 1 unspecified atom stereocenters. The fourth-order valence-electron chi connectivity index (χ4n) is 2.60. The van der Waals surface area contributed by atoms with Crippen molar-refractivity contribution in [3.05, 3.63) is 34.4 Å². The number of aryl methyl sites for hydroxylation is 3. The van der Waals surface area contributed by atoms with E-state index >= 15 is 0 Å². The van der Waals surface area contributed by atoms with E-state index in [9.17, 15) is 9.90 Å². The molecule has 0 radical (unpaired) electrons. The average molecular weight is 233 g/mol. The van der Waals surface area contributed by atoms with Crippen LogP contribution in [-0.4, -0.2) is 35.1 Å². The summed E-state index contributed by atoms with van der Waals surface area (Å²) >= 11 is 0. The van der Waals surface area contributed by atoms with Gasteiger partial charge < -0.3 is 10.0 Å². The molecule has 0 saturated carbocycles. The second kappa shape index (κ2) is 4.49. The maximum Gasteiger partial charge on any atom is 0.254 e. The monoisotopic (exact) mass is 233 g/mol. The molecule has 92 valence electrons. The highest BCUT2D eigenvalue weighted by Gasteiger charge is 2.27. The normalized spacial score (nSPS) is 19.8. The number of likely N-dealkylation sites (tertiary alicyclic amines) is 1. The molecule has 1 saturated heterocycles. The van der Waals surface area contributed by atoms with Gasteiger partial charge in [-0.15, -0.1) is 0 Å². The molecule has 17 heavy (non-hydrogen) atoms. The smallest absolute Gasteiger partial charge is 0.254 e. The van der Waals surface area contributed by atoms with E-state index in [1.807, 2.05) is 32.9 Å². The molecule has 1 heterocycles. The molecular weight excluding hydrogens is 214 g/mol. The third kappa shape index (κ3) is 2.34. The number of carbonyl (C=O) groups excluding carboxylic acids is 1. The summed E-state index contributed by atoms with van der Waals surface area (Å²) in [5.41, 5.74) is 4.02. The number of carbonyl (C=O) groups is 1. The van der Waals surface area contributed by atoms with E-state index < -0.39 is 0 Å². The second-order valence-corrected chi connectivity index (χ2v) is 4.97. The summed E-state index contributed by atoms with van der Waals surface area (Å²) in [6.45, 7) is 7.10. The van der Waals surface area contributed by atoms with Gasteiger partial charge in [0.15, 0.2) is 0 Å². The predicted molar refractivity (Wildman–Crippen MR) is 67.2 cm³/mol. The van der Waals surface area contributed by atoms with Crippen molar-refractivity contribution in [1.29, 1.82) is 0 Å². The third-order valence-corrected chi connectivity index (χ3v) is 3.34. The van der Waals surface area contributed by atoms with Crippen molar-refractivity contribution in [2.45, 2.75) is 33.3 Å². The Hall–Kier alpha value is -1.35. The Morgan fingerprint density at radius 2 is 1.88 bits per heavy atom. The Balaban J connectivity index is 2.31. The molecule has 1 N–H and O–H groups in total.